The number of aromatic nitrogens is 4. The molecule has 0 aliphatic carbocycles. The summed E-state index contributed by atoms with van der Waals surface area (Å²) < 4.78 is 85.2. The van der Waals surface area contributed by atoms with Gasteiger partial charge in [-0.05, 0) is 24.3 Å². The monoisotopic (exact) mass is 493 g/mol. The Bertz CT molecular complexity index is 1360. The molecule has 0 radical (unpaired) electrons. The third-order valence-corrected chi connectivity index (χ3v) is 4.44. The van der Waals surface area contributed by atoms with Crippen molar-refractivity contribution < 1.29 is 40.3 Å². The number of alkyl halides is 2. The molecule has 4 aromatic rings. The van der Waals surface area contributed by atoms with Crippen molar-refractivity contribution in [3.05, 3.63) is 89.1 Å². The summed E-state index contributed by atoms with van der Waals surface area (Å²) in [6.07, 6.45) is -1.21. The lowest BCUT2D eigenvalue weighted by Gasteiger charge is -2.19. The minimum atomic E-state index is -3.04. The highest BCUT2D eigenvalue weighted by atomic mass is 19.3. The predicted molar refractivity (Wildman–Crippen MR) is 104 cm³/mol. The Morgan fingerprint density at radius 2 is 1.31 bits per heavy atom. The number of hydrogen-bond acceptors (Lipinski definition) is 7. The molecule has 0 unspecified atom stereocenters. The molecule has 0 fully saturated rings. The zero-order valence-corrected chi connectivity index (χ0v) is 16.9. The van der Waals surface area contributed by atoms with E-state index in [9.17, 15) is 35.9 Å². The molecule has 2 aromatic heterocycles. The lowest BCUT2D eigenvalue weighted by Crippen LogP contribution is -2.39. The van der Waals surface area contributed by atoms with E-state index >= 15 is 0 Å². The van der Waals surface area contributed by atoms with Gasteiger partial charge in [0.1, 0.15) is 23.3 Å². The summed E-state index contributed by atoms with van der Waals surface area (Å²) in [6, 6.07) is 3.75. The number of nitrogens with zero attached hydrogens (tertiary/aromatic N) is 5. The molecule has 0 saturated heterocycles. The van der Waals surface area contributed by atoms with Gasteiger partial charge in [0.15, 0.2) is 0 Å². The second-order valence-electron chi connectivity index (χ2n) is 6.71. The normalized spacial score (nSPS) is 11.1. The third-order valence-electron chi connectivity index (χ3n) is 4.44. The lowest BCUT2D eigenvalue weighted by molar-refractivity contribution is 0.0891. The summed E-state index contributed by atoms with van der Waals surface area (Å²) in [5, 5.41) is 6.53. The molecule has 0 aliphatic heterocycles. The maximum absolute atomic E-state index is 14.3. The highest BCUT2D eigenvalue weighted by molar-refractivity contribution is 6.25. The fourth-order valence-electron chi connectivity index (χ4n) is 2.83. The summed E-state index contributed by atoms with van der Waals surface area (Å²) in [4.78, 5) is 33.8. The van der Waals surface area contributed by atoms with E-state index in [1.54, 1.807) is 0 Å². The number of rotatable bonds is 5. The number of hydrogen-bond donors (Lipinski definition) is 0. The Morgan fingerprint density at radius 1 is 0.800 bits per heavy atom. The maximum atomic E-state index is 14.3. The zero-order chi connectivity index (χ0) is 25.3. The van der Waals surface area contributed by atoms with Crippen LogP contribution >= 0.6 is 0 Å². The first-order valence-corrected chi connectivity index (χ1v) is 9.38. The van der Waals surface area contributed by atoms with Gasteiger partial charge in [-0.15, -0.1) is 10.2 Å². The van der Waals surface area contributed by atoms with Gasteiger partial charge < -0.3 is 4.42 Å². The Labute approximate surface area is 190 Å². The molecule has 2 aromatic carbocycles. The van der Waals surface area contributed by atoms with Crippen LogP contribution in [-0.2, 0) is 0 Å². The van der Waals surface area contributed by atoms with Gasteiger partial charge in [0.05, 0.1) is 16.7 Å². The Kier molecular flexibility index (Phi) is 6.27. The highest BCUT2D eigenvalue weighted by Crippen LogP contribution is 2.25. The van der Waals surface area contributed by atoms with Crippen molar-refractivity contribution in [3.63, 3.8) is 0 Å². The molecule has 0 saturated carbocycles. The first kappa shape index (κ1) is 23.5. The fraction of sp³-hybridized carbons (Fsp3) is 0.0476. The van der Waals surface area contributed by atoms with E-state index < -0.39 is 70.4 Å². The van der Waals surface area contributed by atoms with Crippen molar-refractivity contribution in [1.82, 2.24) is 20.2 Å². The second-order valence-corrected chi connectivity index (χ2v) is 6.71. The zero-order valence-electron chi connectivity index (χ0n) is 16.9. The number of carbonyl (C=O) groups excluding carboxylic acids is 2. The van der Waals surface area contributed by atoms with Crippen molar-refractivity contribution >= 4 is 17.8 Å². The predicted octanol–water partition coefficient (Wildman–Crippen LogP) is 4.51. The summed E-state index contributed by atoms with van der Waals surface area (Å²) in [7, 11) is 0. The molecule has 0 bridgehead atoms. The van der Waals surface area contributed by atoms with Crippen LogP contribution in [0, 0.1) is 23.3 Å². The molecule has 0 N–H and O–H groups in total. The molecule has 14 heteroatoms. The van der Waals surface area contributed by atoms with Crippen LogP contribution in [0.25, 0.3) is 11.5 Å². The summed E-state index contributed by atoms with van der Waals surface area (Å²) in [5.74, 6) is -9.59. The van der Waals surface area contributed by atoms with Crippen LogP contribution < -0.4 is 4.90 Å². The van der Waals surface area contributed by atoms with Gasteiger partial charge in [0.25, 0.3) is 23.6 Å². The maximum Gasteiger partial charge on any atom is 0.314 e. The van der Waals surface area contributed by atoms with Crippen LogP contribution in [0.4, 0.5) is 32.3 Å². The molecule has 35 heavy (non-hydrogen) atoms. The van der Waals surface area contributed by atoms with Crippen LogP contribution in [0.1, 0.15) is 33.0 Å². The number of amides is 2. The highest BCUT2D eigenvalue weighted by Gasteiger charge is 2.32. The Balaban J connectivity index is 1.77. The number of imide groups is 1. The van der Waals surface area contributed by atoms with E-state index in [4.69, 9.17) is 4.42 Å². The minimum Gasteiger partial charge on any atom is -0.415 e. The topological polar surface area (TPSA) is 102 Å². The molecule has 8 nitrogen and oxygen atoms in total. The molecular formula is C21H9F6N5O3. The first-order chi connectivity index (χ1) is 16.7. The molecule has 0 aliphatic rings. The van der Waals surface area contributed by atoms with Crippen molar-refractivity contribution in [3.8, 4) is 11.5 Å². The van der Waals surface area contributed by atoms with Gasteiger partial charge in [0, 0.05) is 24.5 Å². The van der Waals surface area contributed by atoms with Crippen LogP contribution in [-0.4, -0.2) is 32.0 Å². The van der Waals surface area contributed by atoms with Crippen molar-refractivity contribution in [2.24, 2.45) is 0 Å². The number of benzene rings is 2. The Hall–Kier alpha value is -4.62. The molecule has 0 atom stereocenters. The summed E-state index contributed by atoms with van der Waals surface area (Å²) >= 11 is 0. The second kappa shape index (κ2) is 9.32. The van der Waals surface area contributed by atoms with Gasteiger partial charge in [0.2, 0.25) is 5.95 Å². The molecule has 2 heterocycles. The molecule has 178 valence electrons. The fourth-order valence-corrected chi connectivity index (χ4v) is 2.83. The van der Waals surface area contributed by atoms with Gasteiger partial charge in [-0.1, -0.05) is 0 Å². The SMILES string of the molecule is O=C(c1ccc(F)cc1F)N(C(=O)c1ccc(F)cc1F)c1ncc(-c2nnc(C(F)F)o2)cn1. The van der Waals surface area contributed by atoms with Crippen LogP contribution in [0.15, 0.2) is 53.2 Å². The third kappa shape index (κ3) is 4.71. The van der Waals surface area contributed by atoms with Crippen LogP contribution in [0.2, 0.25) is 0 Å². The molecular weight excluding hydrogens is 484 g/mol. The Morgan fingerprint density at radius 3 is 1.74 bits per heavy atom. The largest absolute Gasteiger partial charge is 0.415 e. The van der Waals surface area contributed by atoms with E-state index in [1.165, 1.54) is 0 Å². The number of carbonyl (C=O) groups is 2. The summed E-state index contributed by atoms with van der Waals surface area (Å²) in [6.45, 7) is 0. The van der Waals surface area contributed by atoms with E-state index in [0.717, 1.165) is 36.7 Å². The van der Waals surface area contributed by atoms with Crippen LogP contribution in [0.3, 0.4) is 0 Å². The van der Waals surface area contributed by atoms with Crippen molar-refractivity contribution in [2.75, 3.05) is 4.90 Å². The summed E-state index contributed by atoms with van der Waals surface area (Å²) in [5.41, 5.74) is -1.66. The van der Waals surface area contributed by atoms with Gasteiger partial charge >= 0.3 is 6.43 Å². The molecule has 2 amide bonds. The first-order valence-electron chi connectivity index (χ1n) is 9.38. The minimum absolute atomic E-state index is 0.0890. The number of halogens is 6. The van der Waals surface area contributed by atoms with Gasteiger partial charge in [-0.25, -0.2) is 32.4 Å². The average Bonchev–Trinajstić information content (AvgIpc) is 3.30. The van der Waals surface area contributed by atoms with Crippen molar-refractivity contribution in [2.45, 2.75) is 6.43 Å². The van der Waals surface area contributed by atoms with E-state index in [2.05, 4.69) is 20.2 Å². The van der Waals surface area contributed by atoms with E-state index in [0.29, 0.717) is 12.1 Å². The van der Waals surface area contributed by atoms with E-state index in [1.807, 2.05) is 0 Å². The quantitative estimate of drug-likeness (QED) is 0.298. The van der Waals surface area contributed by atoms with Crippen molar-refractivity contribution in [1.29, 1.82) is 0 Å². The smallest absolute Gasteiger partial charge is 0.314 e. The van der Waals surface area contributed by atoms with Gasteiger partial charge in [-0.3, -0.25) is 9.59 Å². The van der Waals surface area contributed by atoms with Gasteiger partial charge in [-0.2, -0.15) is 8.78 Å². The van der Waals surface area contributed by atoms with Crippen LogP contribution in [0.5, 0.6) is 0 Å². The standard InChI is InChI=1S/C21H9F6N5O3/c22-10-1-3-12(14(24)5-10)19(33)32(20(34)13-4-2-11(23)6-15(13)25)21-28-7-9(8-29-21)17-30-31-18(35-17)16(26)27/h1-8,16H. The molecule has 4 rings (SSSR count). The lowest BCUT2D eigenvalue weighted by atomic mass is 10.1. The molecule has 0 spiro atoms. The van der Waals surface area contributed by atoms with E-state index in [-0.39, 0.29) is 10.5 Å². The number of anilines is 1. The average molecular weight is 493 g/mol.